The third kappa shape index (κ3) is 5.50. The topological polar surface area (TPSA) is 116 Å². The lowest BCUT2D eigenvalue weighted by Gasteiger charge is -2.13. The van der Waals surface area contributed by atoms with Crippen molar-refractivity contribution in [3.05, 3.63) is 121 Å². The van der Waals surface area contributed by atoms with Crippen LogP contribution in [0.5, 0.6) is 0 Å². The summed E-state index contributed by atoms with van der Waals surface area (Å²) >= 11 is 0. The van der Waals surface area contributed by atoms with Crippen molar-refractivity contribution in [2.75, 3.05) is 0 Å². The van der Waals surface area contributed by atoms with E-state index < -0.39 is 9.84 Å². The summed E-state index contributed by atoms with van der Waals surface area (Å²) in [4.78, 5) is 21.9. The Morgan fingerprint density at radius 3 is 2.59 bits per heavy atom. The van der Waals surface area contributed by atoms with Crippen molar-refractivity contribution >= 4 is 21.4 Å². The van der Waals surface area contributed by atoms with E-state index in [1.54, 1.807) is 48.4 Å². The average Bonchev–Trinajstić information content (AvgIpc) is 3.73. The Labute approximate surface area is 234 Å². The highest BCUT2D eigenvalue weighted by Crippen LogP contribution is 2.27. The number of aryl methyl sites for hydroxylation is 1. The van der Waals surface area contributed by atoms with E-state index in [0.29, 0.717) is 17.0 Å². The first kappa shape index (κ1) is 26.1. The van der Waals surface area contributed by atoms with Gasteiger partial charge in [-0.3, -0.25) is 9.48 Å². The van der Waals surface area contributed by atoms with Gasteiger partial charge in [0.25, 0.3) is 5.91 Å². The highest BCUT2D eigenvalue weighted by Gasteiger charge is 2.24. The SMILES string of the molecule is Cn1ccc(CS(=O)(=O)c2ccc(C(=O)NCc3ccn4ccnc4c3)cc2-n2cnc(-c3ccc(F)cc3)c2)n1. The summed E-state index contributed by atoms with van der Waals surface area (Å²) < 4.78 is 45.5. The maximum Gasteiger partial charge on any atom is 0.251 e. The Morgan fingerprint density at radius 2 is 1.80 bits per heavy atom. The summed E-state index contributed by atoms with van der Waals surface area (Å²) in [5.74, 6) is -1.07. The van der Waals surface area contributed by atoms with Crippen LogP contribution >= 0.6 is 0 Å². The zero-order valence-electron chi connectivity index (χ0n) is 21.8. The van der Waals surface area contributed by atoms with Crippen molar-refractivity contribution in [3.63, 3.8) is 0 Å². The van der Waals surface area contributed by atoms with Gasteiger partial charge in [0.05, 0.1) is 34.1 Å². The number of imidazole rings is 2. The molecule has 0 spiro atoms. The van der Waals surface area contributed by atoms with Crippen molar-refractivity contribution in [1.82, 2.24) is 34.0 Å². The first-order valence-corrected chi connectivity index (χ1v) is 14.3. The second kappa shape index (κ2) is 10.5. The average molecular weight is 570 g/mol. The molecule has 0 saturated heterocycles. The van der Waals surface area contributed by atoms with Gasteiger partial charge >= 0.3 is 0 Å². The van der Waals surface area contributed by atoms with Gasteiger partial charge in [0.15, 0.2) is 9.84 Å². The minimum atomic E-state index is -3.87. The molecule has 1 amide bonds. The van der Waals surface area contributed by atoms with Crippen LogP contribution in [0.25, 0.3) is 22.6 Å². The lowest BCUT2D eigenvalue weighted by atomic mass is 10.1. The van der Waals surface area contributed by atoms with Crippen LogP contribution in [0.2, 0.25) is 0 Å². The number of nitrogens with zero attached hydrogens (tertiary/aromatic N) is 6. The maximum absolute atomic E-state index is 13.6. The minimum Gasteiger partial charge on any atom is -0.348 e. The summed E-state index contributed by atoms with van der Waals surface area (Å²) in [5, 5.41) is 7.10. The van der Waals surface area contributed by atoms with Crippen LogP contribution in [0.3, 0.4) is 0 Å². The molecule has 0 atom stereocenters. The molecule has 2 aromatic carbocycles. The molecule has 6 aromatic rings. The van der Waals surface area contributed by atoms with Gasteiger partial charge in [0.2, 0.25) is 0 Å². The second-order valence-electron chi connectivity index (χ2n) is 9.51. The number of aromatic nitrogens is 6. The molecule has 0 aliphatic rings. The van der Waals surface area contributed by atoms with Crippen molar-refractivity contribution in [2.45, 2.75) is 17.2 Å². The number of carbonyl (C=O) groups excluding carboxylic acids is 1. The third-order valence-corrected chi connectivity index (χ3v) is 8.27. The van der Waals surface area contributed by atoms with Gasteiger partial charge in [0.1, 0.15) is 11.5 Å². The van der Waals surface area contributed by atoms with Crippen molar-refractivity contribution in [3.8, 4) is 16.9 Å². The first-order chi connectivity index (χ1) is 19.7. The largest absolute Gasteiger partial charge is 0.348 e. The highest BCUT2D eigenvalue weighted by molar-refractivity contribution is 7.90. The lowest BCUT2D eigenvalue weighted by molar-refractivity contribution is 0.0950. The highest BCUT2D eigenvalue weighted by atomic mass is 32.2. The van der Waals surface area contributed by atoms with Crippen LogP contribution in [0, 0.1) is 5.82 Å². The number of hydrogen-bond acceptors (Lipinski definition) is 6. The Hall–Kier alpha value is -5.10. The van der Waals surface area contributed by atoms with Crippen molar-refractivity contribution in [1.29, 1.82) is 0 Å². The maximum atomic E-state index is 13.6. The van der Waals surface area contributed by atoms with E-state index >= 15 is 0 Å². The number of benzene rings is 2. The number of rotatable bonds is 8. The van der Waals surface area contributed by atoms with Gasteiger partial charge in [-0.15, -0.1) is 0 Å². The van der Waals surface area contributed by atoms with E-state index in [1.807, 2.05) is 28.9 Å². The molecular formula is C29H24FN7O3S. The Bertz CT molecular complexity index is 1990. The second-order valence-corrected chi connectivity index (χ2v) is 11.5. The summed E-state index contributed by atoms with van der Waals surface area (Å²) in [6.45, 7) is 0.261. The molecule has 4 aromatic heterocycles. The Kier molecular flexibility index (Phi) is 6.67. The number of halogens is 1. The summed E-state index contributed by atoms with van der Waals surface area (Å²) in [6, 6.07) is 15.7. The number of hydrogen-bond donors (Lipinski definition) is 1. The van der Waals surface area contributed by atoms with Gasteiger partial charge in [-0.2, -0.15) is 5.10 Å². The number of amides is 1. The monoisotopic (exact) mass is 569 g/mol. The van der Waals surface area contributed by atoms with Crippen LogP contribution in [0.4, 0.5) is 4.39 Å². The minimum absolute atomic E-state index is 0.0208. The summed E-state index contributed by atoms with van der Waals surface area (Å²) in [5.41, 5.74) is 3.73. The quantitative estimate of drug-likeness (QED) is 0.297. The van der Waals surface area contributed by atoms with Crippen LogP contribution in [0.15, 0.2) is 103 Å². The standard InChI is InChI=1S/C29H24FN7O3S/c1-35-11-9-24(34-35)18-41(39,40)27-7-4-22(29(38)32-16-20-8-12-36-13-10-31-28(36)14-20)15-26(27)37-17-25(33-19-37)21-2-5-23(30)6-3-21/h2-15,17,19H,16,18H2,1H3,(H,32,38). The predicted molar refractivity (Wildman–Crippen MR) is 149 cm³/mol. The summed E-state index contributed by atoms with van der Waals surface area (Å²) in [7, 11) is -2.15. The molecule has 1 N–H and O–H groups in total. The fraction of sp³-hybridized carbons (Fsp3) is 0.103. The molecule has 0 aliphatic heterocycles. The molecule has 206 valence electrons. The van der Waals surface area contributed by atoms with E-state index in [-0.39, 0.29) is 40.2 Å². The molecule has 0 unspecified atom stereocenters. The number of sulfone groups is 1. The molecule has 0 bridgehead atoms. The zero-order chi connectivity index (χ0) is 28.6. The van der Waals surface area contributed by atoms with Gasteiger partial charge in [-0.05, 0) is 66.2 Å². The molecule has 0 radical (unpaired) electrons. The number of fused-ring (bicyclic) bond motifs is 1. The Morgan fingerprint density at radius 1 is 0.976 bits per heavy atom. The predicted octanol–water partition coefficient (Wildman–Crippen LogP) is 3.96. The van der Waals surface area contributed by atoms with E-state index in [4.69, 9.17) is 0 Å². The molecule has 10 nitrogen and oxygen atoms in total. The van der Waals surface area contributed by atoms with Crippen LogP contribution in [0.1, 0.15) is 21.6 Å². The number of nitrogens with one attached hydrogen (secondary N) is 1. The first-order valence-electron chi connectivity index (χ1n) is 12.6. The van der Waals surface area contributed by atoms with E-state index in [1.165, 1.54) is 41.3 Å². The fourth-order valence-corrected chi connectivity index (χ4v) is 5.96. The van der Waals surface area contributed by atoms with Gasteiger partial charge in [0, 0.05) is 55.7 Å². The molecule has 0 saturated carbocycles. The lowest BCUT2D eigenvalue weighted by Crippen LogP contribution is -2.23. The normalized spacial score (nSPS) is 11.7. The molecular weight excluding hydrogens is 545 g/mol. The van der Waals surface area contributed by atoms with Crippen LogP contribution < -0.4 is 5.32 Å². The zero-order valence-corrected chi connectivity index (χ0v) is 22.7. The van der Waals surface area contributed by atoms with Gasteiger partial charge in [-0.1, -0.05) is 0 Å². The molecule has 0 fully saturated rings. The van der Waals surface area contributed by atoms with Crippen LogP contribution in [-0.2, 0) is 29.2 Å². The molecule has 41 heavy (non-hydrogen) atoms. The Balaban J connectivity index is 1.34. The molecule has 0 aliphatic carbocycles. The van der Waals surface area contributed by atoms with Crippen molar-refractivity contribution < 1.29 is 17.6 Å². The third-order valence-electron chi connectivity index (χ3n) is 6.58. The van der Waals surface area contributed by atoms with Crippen molar-refractivity contribution in [2.24, 2.45) is 7.05 Å². The molecule has 12 heteroatoms. The van der Waals surface area contributed by atoms with Gasteiger partial charge in [-0.25, -0.2) is 22.8 Å². The van der Waals surface area contributed by atoms with E-state index in [2.05, 4.69) is 20.4 Å². The fourth-order valence-electron chi connectivity index (χ4n) is 4.51. The van der Waals surface area contributed by atoms with Crippen LogP contribution in [-0.4, -0.2) is 43.0 Å². The smallest absolute Gasteiger partial charge is 0.251 e. The number of pyridine rings is 1. The molecule has 6 rings (SSSR count). The number of carbonyl (C=O) groups is 1. The van der Waals surface area contributed by atoms with E-state index in [9.17, 15) is 17.6 Å². The van der Waals surface area contributed by atoms with E-state index in [0.717, 1.165) is 11.2 Å². The van der Waals surface area contributed by atoms with Gasteiger partial charge < -0.3 is 14.3 Å². The summed E-state index contributed by atoms with van der Waals surface area (Å²) in [6.07, 6.45) is 10.2. The molecule has 4 heterocycles.